The highest BCUT2D eigenvalue weighted by Gasteiger charge is 2.37. The zero-order chi connectivity index (χ0) is 22.3. The zero-order valence-electron chi connectivity index (χ0n) is 17.7. The van der Waals surface area contributed by atoms with Crippen molar-refractivity contribution in [2.45, 2.75) is 6.92 Å². The van der Waals surface area contributed by atoms with Crippen molar-refractivity contribution in [3.8, 4) is 5.69 Å². The van der Waals surface area contributed by atoms with Crippen LogP contribution in [-0.4, -0.2) is 33.7 Å². The van der Waals surface area contributed by atoms with Gasteiger partial charge in [-0.2, -0.15) is 0 Å². The molecule has 0 unspecified atom stereocenters. The van der Waals surface area contributed by atoms with Crippen LogP contribution >= 0.6 is 24.0 Å². The Morgan fingerprint density at radius 1 is 1.00 bits per heavy atom. The van der Waals surface area contributed by atoms with Gasteiger partial charge in [0.1, 0.15) is 5.69 Å². The van der Waals surface area contributed by atoms with E-state index < -0.39 is 0 Å². The summed E-state index contributed by atoms with van der Waals surface area (Å²) in [6, 6.07) is 17.2. The minimum Gasteiger partial charge on any atom is -0.378 e. The van der Waals surface area contributed by atoms with Crippen molar-refractivity contribution in [3.63, 3.8) is 0 Å². The summed E-state index contributed by atoms with van der Waals surface area (Å²) in [6.45, 7) is 1.82. The topological polar surface area (TPSA) is 50.5 Å². The second-order valence-corrected chi connectivity index (χ2v) is 9.09. The van der Waals surface area contributed by atoms with E-state index in [2.05, 4.69) is 0 Å². The van der Waals surface area contributed by atoms with E-state index in [0.717, 1.165) is 16.9 Å². The van der Waals surface area contributed by atoms with Gasteiger partial charge < -0.3 is 4.90 Å². The number of benzene rings is 2. The van der Waals surface area contributed by atoms with Gasteiger partial charge in [-0.1, -0.05) is 54.3 Å². The normalized spacial score (nSPS) is 15.2. The molecule has 0 N–H and O–H groups in total. The average molecular weight is 451 g/mol. The first-order chi connectivity index (χ1) is 14.8. The molecule has 0 bridgehead atoms. The van der Waals surface area contributed by atoms with Crippen LogP contribution in [0.15, 0.2) is 64.3 Å². The van der Waals surface area contributed by atoms with E-state index >= 15 is 0 Å². The number of nitrogens with zero attached hydrogens (tertiary/aromatic N) is 4. The van der Waals surface area contributed by atoms with E-state index in [0.29, 0.717) is 20.6 Å². The number of hydrogen-bond acceptors (Lipinski definition) is 5. The maximum Gasteiger partial charge on any atom is 0.296 e. The number of amides is 1. The van der Waals surface area contributed by atoms with Crippen molar-refractivity contribution in [2.75, 3.05) is 23.9 Å². The Hall–Kier alpha value is -3.10. The van der Waals surface area contributed by atoms with Gasteiger partial charge in [0.25, 0.3) is 11.5 Å². The molecule has 2 heterocycles. The molecule has 6 nitrogen and oxygen atoms in total. The second kappa shape index (κ2) is 8.20. The number of rotatable bonds is 4. The summed E-state index contributed by atoms with van der Waals surface area (Å²) < 4.78 is 3.65. The molecule has 0 atom stereocenters. The van der Waals surface area contributed by atoms with E-state index in [9.17, 15) is 9.59 Å². The van der Waals surface area contributed by atoms with Crippen LogP contribution in [0.3, 0.4) is 0 Å². The molecule has 158 valence electrons. The smallest absolute Gasteiger partial charge is 0.296 e. The lowest BCUT2D eigenvalue weighted by molar-refractivity contribution is -0.113. The predicted octanol–water partition coefficient (Wildman–Crippen LogP) is 3.96. The van der Waals surface area contributed by atoms with Crippen LogP contribution in [0.2, 0.25) is 0 Å². The molecule has 0 spiro atoms. The Labute approximate surface area is 190 Å². The molecule has 3 aromatic rings. The SMILES string of the molecule is Cc1c(N2C(=O)/C(=C\c3ccc(N(C)C)cc3)SC2=S)c(=O)n(-c2ccccc2)n1C. The first-order valence-electron chi connectivity index (χ1n) is 9.69. The standard InChI is InChI=1S/C23H22N4O2S2/c1-15-20(22(29)27(25(15)4)18-8-6-5-7-9-18)26-21(28)19(31-23(26)30)14-16-10-12-17(13-11-16)24(2)3/h5-14H,1-4H3/b19-14+. The van der Waals surface area contributed by atoms with Crippen LogP contribution in [-0.2, 0) is 11.8 Å². The number of aromatic nitrogens is 2. The van der Waals surface area contributed by atoms with Crippen molar-refractivity contribution >= 4 is 51.7 Å². The molecule has 0 aliphatic carbocycles. The molecule has 8 heteroatoms. The minimum atomic E-state index is -0.280. The van der Waals surface area contributed by atoms with Crippen molar-refractivity contribution in [1.29, 1.82) is 0 Å². The zero-order valence-corrected chi connectivity index (χ0v) is 19.3. The summed E-state index contributed by atoms with van der Waals surface area (Å²) in [6.07, 6.45) is 1.81. The molecule has 1 amide bonds. The molecule has 2 aromatic carbocycles. The number of para-hydroxylation sites is 1. The fourth-order valence-electron chi connectivity index (χ4n) is 3.49. The van der Waals surface area contributed by atoms with Crippen LogP contribution in [0.5, 0.6) is 0 Å². The summed E-state index contributed by atoms with van der Waals surface area (Å²) in [5.41, 5.74) is 3.39. The van der Waals surface area contributed by atoms with E-state index in [1.165, 1.54) is 16.7 Å². The molecule has 1 aliphatic rings. The molecule has 1 fully saturated rings. The maximum absolute atomic E-state index is 13.3. The summed E-state index contributed by atoms with van der Waals surface area (Å²) in [7, 11) is 5.75. The van der Waals surface area contributed by atoms with Gasteiger partial charge in [0.05, 0.1) is 16.3 Å². The first-order valence-corrected chi connectivity index (χ1v) is 10.9. The third-order valence-corrected chi connectivity index (χ3v) is 6.55. The molecule has 0 saturated carbocycles. The van der Waals surface area contributed by atoms with E-state index in [4.69, 9.17) is 12.2 Å². The Balaban J connectivity index is 1.73. The highest BCUT2D eigenvalue weighted by molar-refractivity contribution is 8.27. The Morgan fingerprint density at radius 3 is 2.26 bits per heavy atom. The largest absolute Gasteiger partial charge is 0.378 e. The molecule has 4 rings (SSSR count). The monoisotopic (exact) mass is 450 g/mol. The lowest BCUT2D eigenvalue weighted by Gasteiger charge is -2.12. The van der Waals surface area contributed by atoms with Crippen LogP contribution in [0, 0.1) is 6.92 Å². The molecule has 1 aliphatic heterocycles. The molecule has 1 saturated heterocycles. The first kappa shape index (κ1) is 21.1. The molecule has 1 aromatic heterocycles. The third-order valence-electron chi connectivity index (χ3n) is 5.25. The van der Waals surface area contributed by atoms with Gasteiger partial charge in [-0.3, -0.25) is 19.2 Å². The number of thiocarbonyl (C=S) groups is 1. The quantitative estimate of drug-likeness (QED) is 0.445. The fraction of sp³-hybridized carbons (Fsp3) is 0.174. The van der Waals surface area contributed by atoms with Crippen LogP contribution in [0.25, 0.3) is 11.8 Å². The maximum atomic E-state index is 13.3. The fourth-order valence-corrected chi connectivity index (χ4v) is 4.76. The van der Waals surface area contributed by atoms with Crippen LogP contribution in [0.1, 0.15) is 11.3 Å². The van der Waals surface area contributed by atoms with Crippen molar-refractivity contribution in [2.24, 2.45) is 7.05 Å². The third kappa shape index (κ3) is 3.73. The van der Waals surface area contributed by atoms with Crippen molar-refractivity contribution in [3.05, 3.63) is 81.1 Å². The Kier molecular flexibility index (Phi) is 5.60. The van der Waals surface area contributed by atoms with Gasteiger partial charge in [0.15, 0.2) is 4.32 Å². The predicted molar refractivity (Wildman–Crippen MR) is 132 cm³/mol. The molecular formula is C23H22N4O2S2. The van der Waals surface area contributed by atoms with Gasteiger partial charge in [0, 0.05) is 26.8 Å². The Bertz CT molecular complexity index is 1260. The second-order valence-electron chi connectivity index (χ2n) is 7.41. The summed E-state index contributed by atoms with van der Waals surface area (Å²) in [5.74, 6) is -0.280. The van der Waals surface area contributed by atoms with Gasteiger partial charge in [-0.25, -0.2) is 4.68 Å². The average Bonchev–Trinajstić information content (AvgIpc) is 3.14. The molecule has 0 radical (unpaired) electrons. The number of hydrogen-bond donors (Lipinski definition) is 0. The number of carbonyl (C=O) groups excluding carboxylic acids is 1. The van der Waals surface area contributed by atoms with Crippen LogP contribution in [0.4, 0.5) is 11.4 Å². The van der Waals surface area contributed by atoms with Crippen LogP contribution < -0.4 is 15.4 Å². The number of thioether (sulfide) groups is 1. The van der Waals surface area contributed by atoms with Gasteiger partial charge in [0.2, 0.25) is 0 Å². The lowest BCUT2D eigenvalue weighted by Crippen LogP contribution is -2.33. The summed E-state index contributed by atoms with van der Waals surface area (Å²) in [5, 5.41) is 0. The van der Waals surface area contributed by atoms with E-state index in [1.54, 1.807) is 16.4 Å². The van der Waals surface area contributed by atoms with Crippen molar-refractivity contribution < 1.29 is 4.79 Å². The lowest BCUT2D eigenvalue weighted by atomic mass is 10.2. The van der Waals surface area contributed by atoms with Gasteiger partial charge in [-0.05, 0) is 42.8 Å². The highest BCUT2D eigenvalue weighted by Crippen LogP contribution is 2.36. The minimum absolute atomic E-state index is 0.279. The Morgan fingerprint density at radius 2 is 1.65 bits per heavy atom. The van der Waals surface area contributed by atoms with E-state index in [-0.39, 0.29) is 11.5 Å². The molecule has 31 heavy (non-hydrogen) atoms. The number of carbonyl (C=O) groups is 1. The highest BCUT2D eigenvalue weighted by atomic mass is 32.2. The summed E-state index contributed by atoms with van der Waals surface area (Å²) in [4.78, 5) is 30.4. The number of anilines is 2. The van der Waals surface area contributed by atoms with Crippen molar-refractivity contribution in [1.82, 2.24) is 9.36 Å². The summed E-state index contributed by atoms with van der Waals surface area (Å²) >= 11 is 6.71. The van der Waals surface area contributed by atoms with Gasteiger partial charge >= 0.3 is 0 Å². The van der Waals surface area contributed by atoms with Gasteiger partial charge in [-0.15, -0.1) is 0 Å². The molecular weight excluding hydrogens is 428 g/mol. The van der Waals surface area contributed by atoms with E-state index in [1.807, 2.05) is 86.6 Å².